The van der Waals surface area contributed by atoms with Gasteiger partial charge in [0, 0.05) is 17.8 Å². The summed E-state index contributed by atoms with van der Waals surface area (Å²) in [5.74, 6) is 0.669. The van der Waals surface area contributed by atoms with Crippen molar-refractivity contribution < 1.29 is 9.84 Å². The van der Waals surface area contributed by atoms with E-state index in [0.29, 0.717) is 12.3 Å². The van der Waals surface area contributed by atoms with Crippen LogP contribution in [-0.4, -0.2) is 16.7 Å². The van der Waals surface area contributed by atoms with Crippen molar-refractivity contribution in [1.29, 1.82) is 0 Å². The van der Waals surface area contributed by atoms with Crippen molar-refractivity contribution >= 4 is 0 Å². The summed E-state index contributed by atoms with van der Waals surface area (Å²) in [4.78, 5) is 4.41. The summed E-state index contributed by atoms with van der Waals surface area (Å²) in [5.41, 5.74) is 2.99. The van der Waals surface area contributed by atoms with E-state index in [1.165, 1.54) is 25.7 Å². The van der Waals surface area contributed by atoms with Crippen molar-refractivity contribution in [3.63, 3.8) is 0 Å². The number of aromatic nitrogens is 1. The summed E-state index contributed by atoms with van der Waals surface area (Å²) in [7, 11) is 0. The average Bonchev–Trinajstić information content (AvgIpc) is 2.64. The average molecular weight is 327 g/mol. The van der Waals surface area contributed by atoms with Gasteiger partial charge in [-0.25, -0.2) is 4.98 Å². The number of ether oxygens (including phenoxy) is 1. The Balaban J connectivity index is 1.95. The molecule has 0 aliphatic heterocycles. The second-order valence-corrected chi connectivity index (χ2v) is 6.16. The van der Waals surface area contributed by atoms with Gasteiger partial charge in [-0.3, -0.25) is 0 Å². The first-order valence-corrected chi connectivity index (χ1v) is 9.12. The van der Waals surface area contributed by atoms with Gasteiger partial charge in [-0.05, 0) is 30.0 Å². The molecule has 0 bridgehead atoms. The summed E-state index contributed by atoms with van der Waals surface area (Å²) in [6, 6.07) is 11.9. The Hall–Kier alpha value is -1.87. The first-order valence-electron chi connectivity index (χ1n) is 9.12. The molecule has 1 atom stereocenters. The molecule has 0 aliphatic carbocycles. The topological polar surface area (TPSA) is 42.4 Å². The van der Waals surface area contributed by atoms with Gasteiger partial charge < -0.3 is 9.84 Å². The van der Waals surface area contributed by atoms with Gasteiger partial charge >= 0.3 is 0 Å². The number of aliphatic hydroxyl groups excluding tert-OH is 1. The minimum atomic E-state index is -0.444. The van der Waals surface area contributed by atoms with E-state index in [2.05, 4.69) is 11.9 Å². The smallest absolute Gasteiger partial charge is 0.213 e. The molecular formula is C21H29NO2. The number of hydrogen-bond acceptors (Lipinski definition) is 3. The lowest BCUT2D eigenvalue weighted by atomic mass is 9.96. The Labute approximate surface area is 145 Å². The maximum Gasteiger partial charge on any atom is 0.213 e. The molecule has 0 spiro atoms. The number of benzene rings is 1. The third-order valence-corrected chi connectivity index (χ3v) is 4.25. The van der Waals surface area contributed by atoms with Crippen LogP contribution in [0, 0.1) is 0 Å². The quantitative estimate of drug-likeness (QED) is 0.582. The molecule has 2 rings (SSSR count). The van der Waals surface area contributed by atoms with Crippen LogP contribution in [0.4, 0.5) is 0 Å². The van der Waals surface area contributed by atoms with Crippen molar-refractivity contribution in [3.05, 3.63) is 48.2 Å². The Morgan fingerprint density at radius 3 is 2.50 bits per heavy atom. The van der Waals surface area contributed by atoms with Gasteiger partial charge in [0.25, 0.3) is 0 Å². The van der Waals surface area contributed by atoms with Crippen LogP contribution in [0.2, 0.25) is 0 Å². The van der Waals surface area contributed by atoms with Crippen molar-refractivity contribution in [2.45, 2.75) is 58.5 Å². The van der Waals surface area contributed by atoms with Crippen molar-refractivity contribution in [2.24, 2.45) is 0 Å². The molecule has 2 aromatic rings. The second kappa shape index (κ2) is 10.1. The predicted molar refractivity (Wildman–Crippen MR) is 99.2 cm³/mol. The van der Waals surface area contributed by atoms with Crippen LogP contribution < -0.4 is 4.74 Å². The lowest BCUT2D eigenvalue weighted by Crippen LogP contribution is -2.00. The summed E-state index contributed by atoms with van der Waals surface area (Å²) in [6.45, 7) is 4.93. The molecule has 1 aromatic heterocycles. The Morgan fingerprint density at radius 2 is 1.79 bits per heavy atom. The molecule has 0 aliphatic rings. The van der Waals surface area contributed by atoms with Crippen molar-refractivity contribution in [2.75, 3.05) is 6.61 Å². The maximum atomic E-state index is 10.2. The minimum Gasteiger partial charge on any atom is -0.478 e. The van der Waals surface area contributed by atoms with Crippen LogP contribution in [0.3, 0.4) is 0 Å². The second-order valence-electron chi connectivity index (χ2n) is 6.16. The fourth-order valence-electron chi connectivity index (χ4n) is 2.78. The number of nitrogens with zero attached hydrogens (tertiary/aromatic N) is 1. The molecule has 1 N–H and O–H groups in total. The van der Waals surface area contributed by atoms with E-state index in [9.17, 15) is 5.11 Å². The zero-order valence-corrected chi connectivity index (χ0v) is 14.9. The summed E-state index contributed by atoms with van der Waals surface area (Å²) < 4.78 is 5.72. The number of aliphatic hydroxyl groups is 1. The summed E-state index contributed by atoms with van der Waals surface area (Å²) in [5, 5.41) is 10.2. The largest absolute Gasteiger partial charge is 0.478 e. The predicted octanol–water partition coefficient (Wildman–Crippen LogP) is 5.54. The molecule has 3 nitrogen and oxygen atoms in total. The van der Waals surface area contributed by atoms with E-state index in [-0.39, 0.29) is 0 Å². The van der Waals surface area contributed by atoms with Gasteiger partial charge in [0.05, 0.1) is 12.7 Å². The third-order valence-electron chi connectivity index (χ3n) is 4.25. The molecule has 0 amide bonds. The molecule has 130 valence electrons. The number of pyridine rings is 1. The molecule has 1 aromatic carbocycles. The van der Waals surface area contributed by atoms with Gasteiger partial charge in [-0.2, -0.15) is 0 Å². The van der Waals surface area contributed by atoms with Crippen molar-refractivity contribution in [1.82, 2.24) is 4.98 Å². The highest BCUT2D eigenvalue weighted by Gasteiger charge is 2.11. The zero-order valence-electron chi connectivity index (χ0n) is 14.9. The fourth-order valence-corrected chi connectivity index (χ4v) is 2.78. The molecule has 1 unspecified atom stereocenters. The highest BCUT2D eigenvalue weighted by Crippen LogP contribution is 2.29. The fraction of sp³-hybridized carbons (Fsp3) is 0.476. The lowest BCUT2D eigenvalue weighted by Gasteiger charge is -2.14. The van der Waals surface area contributed by atoms with Crippen LogP contribution in [-0.2, 0) is 0 Å². The van der Waals surface area contributed by atoms with Crippen LogP contribution in [0.1, 0.15) is 64.0 Å². The van der Waals surface area contributed by atoms with E-state index >= 15 is 0 Å². The zero-order chi connectivity index (χ0) is 17.2. The molecule has 0 radical (unpaired) electrons. The Morgan fingerprint density at radius 1 is 1.00 bits per heavy atom. The molecule has 24 heavy (non-hydrogen) atoms. The van der Waals surface area contributed by atoms with Gasteiger partial charge in [0.2, 0.25) is 5.88 Å². The van der Waals surface area contributed by atoms with Gasteiger partial charge in [0.15, 0.2) is 0 Å². The number of unbranched alkanes of at least 4 members (excludes halogenated alkanes) is 4. The van der Waals surface area contributed by atoms with E-state index < -0.39 is 6.10 Å². The molecule has 0 saturated carbocycles. The monoisotopic (exact) mass is 327 g/mol. The van der Waals surface area contributed by atoms with E-state index in [1.807, 2.05) is 49.5 Å². The highest BCUT2D eigenvalue weighted by atomic mass is 16.5. The van der Waals surface area contributed by atoms with Gasteiger partial charge in [-0.15, -0.1) is 0 Å². The van der Waals surface area contributed by atoms with E-state index in [0.717, 1.165) is 29.7 Å². The van der Waals surface area contributed by atoms with Gasteiger partial charge in [-0.1, -0.05) is 63.8 Å². The van der Waals surface area contributed by atoms with Crippen LogP contribution in [0.25, 0.3) is 11.1 Å². The summed E-state index contributed by atoms with van der Waals surface area (Å²) >= 11 is 0. The molecule has 3 heteroatoms. The molecule has 1 heterocycles. The minimum absolute atomic E-state index is 0.444. The normalized spacial score (nSPS) is 12.1. The Bertz CT molecular complexity index is 595. The first kappa shape index (κ1) is 18.5. The molecular weight excluding hydrogens is 298 g/mol. The number of hydrogen-bond donors (Lipinski definition) is 1. The van der Waals surface area contributed by atoms with E-state index in [4.69, 9.17) is 4.74 Å². The molecule has 0 saturated heterocycles. The van der Waals surface area contributed by atoms with Crippen LogP contribution >= 0.6 is 0 Å². The first-order chi connectivity index (χ1) is 11.8. The van der Waals surface area contributed by atoms with Gasteiger partial charge in [0.1, 0.15) is 0 Å². The number of rotatable bonds is 10. The standard InChI is InChI=1S/C21H29NO2/c1-3-5-6-7-10-15-24-21-14-13-17(16-22-21)18-11-8-9-12-19(18)20(23)4-2/h8-9,11-14,16,20,23H,3-7,10,15H2,1-2H3. The Kier molecular flexibility index (Phi) is 7.76. The third kappa shape index (κ3) is 5.34. The highest BCUT2D eigenvalue weighted by molar-refractivity contribution is 5.67. The van der Waals surface area contributed by atoms with E-state index in [1.54, 1.807) is 0 Å². The van der Waals surface area contributed by atoms with Crippen LogP contribution in [0.5, 0.6) is 5.88 Å². The van der Waals surface area contributed by atoms with Crippen molar-refractivity contribution in [3.8, 4) is 17.0 Å². The summed E-state index contributed by atoms with van der Waals surface area (Å²) in [6.07, 6.45) is 8.22. The SMILES string of the molecule is CCCCCCCOc1ccc(-c2ccccc2C(O)CC)cn1. The lowest BCUT2D eigenvalue weighted by molar-refractivity contribution is 0.174. The molecule has 0 fully saturated rings. The maximum absolute atomic E-state index is 10.2. The van der Waals surface area contributed by atoms with Crippen LogP contribution in [0.15, 0.2) is 42.6 Å².